The van der Waals surface area contributed by atoms with Gasteiger partial charge in [-0.2, -0.15) is 0 Å². The van der Waals surface area contributed by atoms with Crippen molar-refractivity contribution in [2.24, 2.45) is 11.3 Å². The van der Waals surface area contributed by atoms with Crippen LogP contribution in [0.2, 0.25) is 0 Å². The fraction of sp³-hybridized carbons (Fsp3) is 1.00. The highest BCUT2D eigenvalue weighted by atomic mass is 14.2. The topological polar surface area (TPSA) is 0 Å². The Morgan fingerprint density at radius 1 is 0.857 bits per heavy atom. The molecule has 0 nitrogen and oxygen atoms in total. The maximum absolute atomic E-state index is 2.37. The third-order valence-corrected chi connectivity index (χ3v) is 2.83. The first kappa shape index (κ1) is 14.0. The van der Waals surface area contributed by atoms with Crippen molar-refractivity contribution in [2.75, 3.05) is 0 Å². The Morgan fingerprint density at radius 3 is 1.57 bits per heavy atom. The number of unbranched alkanes of at least 4 members (excludes halogenated alkanes) is 2. The maximum atomic E-state index is 2.37. The second kappa shape index (κ2) is 7.31. The van der Waals surface area contributed by atoms with Crippen molar-refractivity contribution in [3.8, 4) is 0 Å². The SMILES string of the molecule is CCCCC(CCCC)CC(C)(C)C. The summed E-state index contributed by atoms with van der Waals surface area (Å²) in [6, 6.07) is 0. The number of hydrogen-bond donors (Lipinski definition) is 0. The normalized spacial score (nSPS) is 12.4. The van der Waals surface area contributed by atoms with E-state index in [2.05, 4.69) is 34.6 Å². The van der Waals surface area contributed by atoms with Crippen LogP contribution in [0.4, 0.5) is 0 Å². The molecule has 0 saturated heterocycles. The first-order valence-electron chi connectivity index (χ1n) is 6.49. The summed E-state index contributed by atoms with van der Waals surface area (Å²) in [6.07, 6.45) is 9.86. The van der Waals surface area contributed by atoms with Gasteiger partial charge in [0.2, 0.25) is 0 Å². The third kappa shape index (κ3) is 8.59. The van der Waals surface area contributed by atoms with Gasteiger partial charge in [-0.25, -0.2) is 0 Å². The van der Waals surface area contributed by atoms with Crippen LogP contribution in [0.3, 0.4) is 0 Å². The lowest BCUT2D eigenvalue weighted by Gasteiger charge is -2.26. The minimum absolute atomic E-state index is 0.520. The minimum atomic E-state index is 0.520. The number of hydrogen-bond acceptors (Lipinski definition) is 0. The highest BCUT2D eigenvalue weighted by molar-refractivity contribution is 4.69. The molecule has 0 bridgehead atoms. The summed E-state index contributed by atoms with van der Waals surface area (Å²) in [5.74, 6) is 0.981. The molecule has 0 aliphatic rings. The first-order chi connectivity index (χ1) is 6.49. The lowest BCUT2D eigenvalue weighted by molar-refractivity contribution is 0.262. The van der Waals surface area contributed by atoms with E-state index in [0.29, 0.717) is 5.41 Å². The fourth-order valence-corrected chi connectivity index (χ4v) is 2.20. The molecule has 0 heterocycles. The van der Waals surface area contributed by atoms with E-state index >= 15 is 0 Å². The van der Waals surface area contributed by atoms with Crippen molar-refractivity contribution in [1.29, 1.82) is 0 Å². The Kier molecular flexibility index (Phi) is 7.31. The van der Waals surface area contributed by atoms with E-state index in [1.807, 2.05) is 0 Å². The largest absolute Gasteiger partial charge is 0.0654 e. The van der Waals surface area contributed by atoms with Crippen LogP contribution < -0.4 is 0 Å². The van der Waals surface area contributed by atoms with Crippen molar-refractivity contribution in [1.82, 2.24) is 0 Å². The molecular formula is C14H30. The van der Waals surface area contributed by atoms with Crippen LogP contribution in [0.1, 0.15) is 79.6 Å². The average Bonchev–Trinajstić information content (AvgIpc) is 2.07. The van der Waals surface area contributed by atoms with E-state index < -0.39 is 0 Å². The molecular weight excluding hydrogens is 168 g/mol. The summed E-state index contributed by atoms with van der Waals surface area (Å²) < 4.78 is 0. The molecule has 0 fully saturated rings. The zero-order chi connectivity index (χ0) is 11.0. The molecule has 0 radical (unpaired) electrons. The van der Waals surface area contributed by atoms with Gasteiger partial charge >= 0.3 is 0 Å². The Labute approximate surface area is 91.5 Å². The lowest BCUT2D eigenvalue weighted by atomic mass is 9.80. The van der Waals surface area contributed by atoms with Gasteiger partial charge in [-0.05, 0) is 17.8 Å². The van der Waals surface area contributed by atoms with E-state index in [1.54, 1.807) is 0 Å². The smallest absolute Gasteiger partial charge is 0.0380 e. The molecule has 0 aliphatic carbocycles. The molecule has 0 aromatic rings. The van der Waals surface area contributed by atoms with Crippen LogP contribution in [-0.4, -0.2) is 0 Å². The molecule has 0 aromatic heterocycles. The van der Waals surface area contributed by atoms with Crippen molar-refractivity contribution in [2.45, 2.75) is 79.6 Å². The average molecular weight is 198 g/mol. The van der Waals surface area contributed by atoms with E-state index in [1.165, 1.54) is 44.9 Å². The van der Waals surface area contributed by atoms with E-state index in [9.17, 15) is 0 Å². The Morgan fingerprint density at radius 2 is 1.29 bits per heavy atom. The standard InChI is InChI=1S/C14H30/c1-6-8-10-13(11-9-7-2)12-14(3,4)5/h13H,6-12H2,1-5H3. The molecule has 0 saturated carbocycles. The van der Waals surface area contributed by atoms with Crippen LogP contribution in [0.5, 0.6) is 0 Å². The van der Waals surface area contributed by atoms with Gasteiger partial charge in [0, 0.05) is 0 Å². The van der Waals surface area contributed by atoms with Crippen molar-refractivity contribution in [3.05, 3.63) is 0 Å². The van der Waals surface area contributed by atoms with Crippen LogP contribution in [-0.2, 0) is 0 Å². The lowest BCUT2D eigenvalue weighted by Crippen LogP contribution is -2.13. The third-order valence-electron chi connectivity index (χ3n) is 2.83. The predicted molar refractivity (Wildman–Crippen MR) is 66.6 cm³/mol. The Bertz CT molecular complexity index is 110. The zero-order valence-corrected chi connectivity index (χ0v) is 11.0. The summed E-state index contributed by atoms with van der Waals surface area (Å²) in [6.45, 7) is 11.7. The molecule has 0 unspecified atom stereocenters. The van der Waals surface area contributed by atoms with Gasteiger partial charge < -0.3 is 0 Å². The highest BCUT2D eigenvalue weighted by Gasteiger charge is 2.17. The molecule has 0 aliphatic heterocycles. The van der Waals surface area contributed by atoms with Gasteiger partial charge in [-0.15, -0.1) is 0 Å². The van der Waals surface area contributed by atoms with Gasteiger partial charge in [0.05, 0.1) is 0 Å². The van der Waals surface area contributed by atoms with Crippen LogP contribution in [0.25, 0.3) is 0 Å². The molecule has 0 amide bonds. The zero-order valence-electron chi connectivity index (χ0n) is 11.0. The van der Waals surface area contributed by atoms with Gasteiger partial charge in [-0.3, -0.25) is 0 Å². The summed E-state index contributed by atoms with van der Waals surface area (Å²) in [4.78, 5) is 0. The van der Waals surface area contributed by atoms with Gasteiger partial charge in [0.1, 0.15) is 0 Å². The molecule has 0 atom stereocenters. The fourth-order valence-electron chi connectivity index (χ4n) is 2.20. The molecule has 14 heavy (non-hydrogen) atoms. The second-order valence-electron chi connectivity index (χ2n) is 5.92. The Hall–Kier alpha value is 0. The first-order valence-corrected chi connectivity index (χ1v) is 6.49. The monoisotopic (exact) mass is 198 g/mol. The summed E-state index contributed by atoms with van der Waals surface area (Å²) in [5, 5.41) is 0. The van der Waals surface area contributed by atoms with Crippen molar-refractivity contribution >= 4 is 0 Å². The van der Waals surface area contributed by atoms with Crippen LogP contribution >= 0.6 is 0 Å². The van der Waals surface area contributed by atoms with Crippen LogP contribution in [0, 0.1) is 11.3 Å². The molecule has 0 N–H and O–H groups in total. The van der Waals surface area contributed by atoms with Crippen molar-refractivity contribution < 1.29 is 0 Å². The molecule has 0 heteroatoms. The molecule has 0 spiro atoms. The quantitative estimate of drug-likeness (QED) is 0.512. The van der Waals surface area contributed by atoms with Crippen molar-refractivity contribution in [3.63, 3.8) is 0 Å². The predicted octanol–water partition coefficient (Wildman–Crippen LogP) is 5.42. The van der Waals surface area contributed by atoms with Crippen LogP contribution in [0.15, 0.2) is 0 Å². The van der Waals surface area contributed by atoms with E-state index in [4.69, 9.17) is 0 Å². The maximum Gasteiger partial charge on any atom is -0.0380 e. The molecule has 0 rings (SSSR count). The van der Waals surface area contributed by atoms with Gasteiger partial charge in [0.15, 0.2) is 0 Å². The second-order valence-corrected chi connectivity index (χ2v) is 5.92. The Balaban J connectivity index is 3.84. The molecule has 86 valence electrons. The van der Waals surface area contributed by atoms with E-state index in [-0.39, 0.29) is 0 Å². The van der Waals surface area contributed by atoms with Gasteiger partial charge in [-0.1, -0.05) is 73.1 Å². The number of rotatable bonds is 7. The van der Waals surface area contributed by atoms with E-state index in [0.717, 1.165) is 5.92 Å². The minimum Gasteiger partial charge on any atom is -0.0654 e. The van der Waals surface area contributed by atoms with Gasteiger partial charge in [0.25, 0.3) is 0 Å². The summed E-state index contributed by atoms with van der Waals surface area (Å²) in [7, 11) is 0. The highest BCUT2D eigenvalue weighted by Crippen LogP contribution is 2.30. The summed E-state index contributed by atoms with van der Waals surface area (Å²) >= 11 is 0. The summed E-state index contributed by atoms with van der Waals surface area (Å²) in [5.41, 5.74) is 0.520. The molecule has 0 aromatic carbocycles.